The molecule has 10 heavy (non-hydrogen) atoms. The largest absolute Gasteiger partial charge is 0.353 e. The molecule has 1 unspecified atom stereocenters. The zero-order valence-corrected chi connectivity index (χ0v) is 7.38. The number of hydrogen-bond acceptors (Lipinski definition) is 3. The standard InChI is InChI=1S/C5H13O4P/c1-5(8-2,9-3)4-10(6)7/h10H,4H2,1-3H3,(H,6,7). The summed E-state index contributed by atoms with van der Waals surface area (Å²) in [6, 6.07) is 0. The van der Waals surface area contributed by atoms with E-state index >= 15 is 0 Å². The van der Waals surface area contributed by atoms with E-state index in [0.29, 0.717) is 0 Å². The van der Waals surface area contributed by atoms with Gasteiger partial charge in [0.2, 0.25) is 0 Å². The average molecular weight is 168 g/mol. The van der Waals surface area contributed by atoms with Crippen LogP contribution in [0.3, 0.4) is 0 Å². The van der Waals surface area contributed by atoms with Crippen molar-refractivity contribution in [1.82, 2.24) is 0 Å². The van der Waals surface area contributed by atoms with E-state index in [4.69, 9.17) is 14.4 Å². The molecule has 0 saturated carbocycles. The number of methoxy groups -OCH3 is 2. The summed E-state index contributed by atoms with van der Waals surface area (Å²) in [5.41, 5.74) is 0. The summed E-state index contributed by atoms with van der Waals surface area (Å²) >= 11 is 0. The van der Waals surface area contributed by atoms with E-state index in [1.807, 2.05) is 0 Å². The molecule has 0 aromatic heterocycles. The van der Waals surface area contributed by atoms with Gasteiger partial charge in [0.05, 0.1) is 6.16 Å². The third-order valence-electron chi connectivity index (χ3n) is 1.34. The van der Waals surface area contributed by atoms with Crippen molar-refractivity contribution in [2.75, 3.05) is 20.4 Å². The SMILES string of the molecule is COC(C)(C[PH](=O)O)OC. The Hall–Kier alpha value is 0.110. The second kappa shape index (κ2) is 4.09. The summed E-state index contributed by atoms with van der Waals surface area (Å²) in [5.74, 6) is -0.912. The van der Waals surface area contributed by atoms with E-state index in [1.54, 1.807) is 6.92 Å². The molecule has 0 bridgehead atoms. The van der Waals surface area contributed by atoms with Crippen LogP contribution in [0.1, 0.15) is 6.92 Å². The molecule has 0 rings (SSSR count). The van der Waals surface area contributed by atoms with E-state index < -0.39 is 13.8 Å². The minimum atomic E-state index is -2.52. The maximum atomic E-state index is 10.4. The Morgan fingerprint density at radius 1 is 1.50 bits per heavy atom. The highest BCUT2D eigenvalue weighted by atomic mass is 31.1. The van der Waals surface area contributed by atoms with Crippen LogP contribution in [0.15, 0.2) is 0 Å². The Morgan fingerprint density at radius 2 is 1.90 bits per heavy atom. The van der Waals surface area contributed by atoms with Gasteiger partial charge in [-0.05, 0) is 6.92 Å². The Balaban J connectivity index is 3.92. The van der Waals surface area contributed by atoms with Crippen LogP contribution in [0.2, 0.25) is 0 Å². The summed E-state index contributed by atoms with van der Waals surface area (Å²) in [6.45, 7) is 1.62. The topological polar surface area (TPSA) is 55.8 Å². The Labute approximate surface area is 61.0 Å². The monoisotopic (exact) mass is 168 g/mol. The lowest BCUT2D eigenvalue weighted by molar-refractivity contribution is -0.176. The Morgan fingerprint density at radius 3 is 2.00 bits per heavy atom. The molecule has 0 saturated heterocycles. The van der Waals surface area contributed by atoms with Crippen LogP contribution in [0.25, 0.3) is 0 Å². The second-order valence-corrected chi connectivity index (χ2v) is 3.25. The van der Waals surface area contributed by atoms with Crippen molar-refractivity contribution < 1.29 is 18.9 Å². The van der Waals surface area contributed by atoms with E-state index in [9.17, 15) is 4.57 Å². The zero-order chi connectivity index (χ0) is 8.20. The molecule has 1 atom stereocenters. The van der Waals surface area contributed by atoms with Crippen LogP contribution in [0.4, 0.5) is 0 Å². The maximum Gasteiger partial charge on any atom is 0.194 e. The highest BCUT2D eigenvalue weighted by molar-refractivity contribution is 7.38. The molecular weight excluding hydrogens is 155 g/mol. The first-order chi connectivity index (χ1) is 4.54. The van der Waals surface area contributed by atoms with Crippen molar-refractivity contribution >= 4 is 8.03 Å². The molecule has 0 spiro atoms. The van der Waals surface area contributed by atoms with E-state index in [2.05, 4.69) is 0 Å². The van der Waals surface area contributed by atoms with Crippen molar-refractivity contribution in [3.63, 3.8) is 0 Å². The first kappa shape index (κ1) is 10.1. The molecular formula is C5H13O4P. The van der Waals surface area contributed by atoms with Gasteiger partial charge in [-0.2, -0.15) is 0 Å². The molecule has 0 aromatic rings. The van der Waals surface area contributed by atoms with Gasteiger partial charge in [0.1, 0.15) is 0 Å². The molecule has 0 heterocycles. The average Bonchev–Trinajstić information content (AvgIpc) is 1.87. The van der Waals surface area contributed by atoms with Gasteiger partial charge in [0, 0.05) is 14.2 Å². The molecule has 5 heteroatoms. The fourth-order valence-electron chi connectivity index (χ4n) is 0.502. The number of ether oxygens (including phenoxy) is 2. The molecule has 4 nitrogen and oxygen atoms in total. The first-order valence-corrected chi connectivity index (χ1v) is 4.42. The van der Waals surface area contributed by atoms with Gasteiger partial charge in [-0.15, -0.1) is 0 Å². The molecule has 62 valence electrons. The van der Waals surface area contributed by atoms with Gasteiger partial charge in [0.15, 0.2) is 13.8 Å². The van der Waals surface area contributed by atoms with Crippen molar-refractivity contribution in [2.45, 2.75) is 12.7 Å². The van der Waals surface area contributed by atoms with Crippen LogP contribution < -0.4 is 0 Å². The molecule has 0 aliphatic heterocycles. The van der Waals surface area contributed by atoms with Gasteiger partial charge in [-0.25, -0.2) is 0 Å². The highest BCUT2D eigenvalue weighted by Gasteiger charge is 2.24. The molecule has 0 fully saturated rings. The van der Waals surface area contributed by atoms with Crippen molar-refractivity contribution in [3.8, 4) is 0 Å². The molecule has 0 aliphatic rings. The van der Waals surface area contributed by atoms with E-state index in [-0.39, 0.29) is 6.16 Å². The van der Waals surface area contributed by atoms with Crippen LogP contribution in [0, 0.1) is 0 Å². The number of hydrogen-bond donors (Lipinski definition) is 1. The third-order valence-corrected chi connectivity index (χ3v) is 2.28. The van der Waals surface area contributed by atoms with Crippen molar-refractivity contribution in [3.05, 3.63) is 0 Å². The minimum absolute atomic E-state index is 0.0324. The lowest BCUT2D eigenvalue weighted by Crippen LogP contribution is -2.32. The smallest absolute Gasteiger partial charge is 0.194 e. The normalized spacial score (nSPS) is 15.2. The fraction of sp³-hybridized carbons (Fsp3) is 1.00. The van der Waals surface area contributed by atoms with E-state index in [1.165, 1.54) is 14.2 Å². The van der Waals surface area contributed by atoms with Crippen LogP contribution in [0.5, 0.6) is 0 Å². The van der Waals surface area contributed by atoms with Gasteiger partial charge in [-0.3, -0.25) is 4.57 Å². The number of rotatable bonds is 4. The predicted molar refractivity (Wildman–Crippen MR) is 38.5 cm³/mol. The minimum Gasteiger partial charge on any atom is -0.353 e. The quantitative estimate of drug-likeness (QED) is 0.489. The molecule has 0 amide bonds. The predicted octanol–water partition coefficient (Wildman–Crippen LogP) is 0.462. The Bertz CT molecular complexity index is 121. The highest BCUT2D eigenvalue weighted by Crippen LogP contribution is 2.23. The summed E-state index contributed by atoms with van der Waals surface area (Å²) in [7, 11) is 0.362. The summed E-state index contributed by atoms with van der Waals surface area (Å²) in [4.78, 5) is 8.54. The third kappa shape index (κ3) is 3.32. The van der Waals surface area contributed by atoms with Crippen LogP contribution in [-0.4, -0.2) is 31.1 Å². The maximum absolute atomic E-state index is 10.4. The summed E-state index contributed by atoms with van der Waals surface area (Å²) < 4.78 is 20.0. The van der Waals surface area contributed by atoms with Crippen molar-refractivity contribution in [1.29, 1.82) is 0 Å². The first-order valence-electron chi connectivity index (χ1n) is 2.86. The van der Waals surface area contributed by atoms with Gasteiger partial charge >= 0.3 is 0 Å². The lowest BCUT2D eigenvalue weighted by Gasteiger charge is -2.24. The molecule has 1 N–H and O–H groups in total. The van der Waals surface area contributed by atoms with Crippen LogP contribution in [-0.2, 0) is 14.0 Å². The van der Waals surface area contributed by atoms with Crippen molar-refractivity contribution in [2.24, 2.45) is 0 Å². The fourth-order valence-corrected chi connectivity index (χ4v) is 1.34. The molecule has 0 aromatic carbocycles. The van der Waals surface area contributed by atoms with Gasteiger partial charge in [-0.1, -0.05) is 0 Å². The van der Waals surface area contributed by atoms with Gasteiger partial charge < -0.3 is 14.4 Å². The summed E-state index contributed by atoms with van der Waals surface area (Å²) in [5, 5.41) is 0. The van der Waals surface area contributed by atoms with Crippen LogP contribution >= 0.6 is 8.03 Å². The second-order valence-electron chi connectivity index (χ2n) is 2.11. The molecule has 0 radical (unpaired) electrons. The van der Waals surface area contributed by atoms with E-state index in [0.717, 1.165) is 0 Å². The van der Waals surface area contributed by atoms with Gasteiger partial charge in [0.25, 0.3) is 0 Å². The summed E-state index contributed by atoms with van der Waals surface area (Å²) in [6.07, 6.45) is 0.0324. The Kier molecular flexibility index (Phi) is 4.13. The zero-order valence-electron chi connectivity index (χ0n) is 6.38. The lowest BCUT2D eigenvalue weighted by atomic mass is 10.4. The molecule has 0 aliphatic carbocycles.